The van der Waals surface area contributed by atoms with Gasteiger partial charge in [0.15, 0.2) is 5.78 Å². The summed E-state index contributed by atoms with van der Waals surface area (Å²) in [7, 11) is -3.40. The molecule has 2 aliphatic rings. The lowest BCUT2D eigenvalue weighted by atomic mass is 9.74. The molecule has 1 aromatic rings. The van der Waals surface area contributed by atoms with Crippen molar-refractivity contribution in [3.05, 3.63) is 28.8 Å². The van der Waals surface area contributed by atoms with E-state index in [1.54, 1.807) is 6.92 Å². The second-order valence-corrected chi connectivity index (χ2v) is 11.9. The zero-order valence-electron chi connectivity index (χ0n) is 20.3. The monoisotopic (exact) mass is 596 g/mol. The number of nitrogens with zero attached hydrogens (tertiary/aromatic N) is 2. The van der Waals surface area contributed by atoms with Crippen LogP contribution in [0.5, 0.6) is 5.75 Å². The van der Waals surface area contributed by atoms with Gasteiger partial charge in [-0.05, 0) is 37.8 Å². The Kier molecular flexibility index (Phi) is 10.7. The largest absolute Gasteiger partial charge is 0.573 e. The third kappa shape index (κ3) is 8.14. The summed E-state index contributed by atoms with van der Waals surface area (Å²) in [5.41, 5.74) is -1.20. The van der Waals surface area contributed by atoms with Crippen molar-refractivity contribution in [2.24, 2.45) is 0 Å². The highest BCUT2D eigenvalue weighted by Crippen LogP contribution is 2.45. The standard InChI is InChI=1S/C23H30ClF5N2O4S.ClH/c1-2-16-36(33,34)31-14-12-30(13-15-31)21(8-10-22(25,26)11-9-21)7-6-18(32)20-17(24)4-3-5-19(20)35-23(27,28)29;/h3-5H,2,6-16H2,1H3;1H. The summed E-state index contributed by atoms with van der Waals surface area (Å²) in [6.45, 7) is 2.83. The second kappa shape index (κ2) is 12.3. The van der Waals surface area contributed by atoms with Crippen LogP contribution in [-0.4, -0.2) is 73.2 Å². The maximum Gasteiger partial charge on any atom is 0.573 e. The van der Waals surface area contributed by atoms with Gasteiger partial charge in [-0.2, -0.15) is 4.31 Å². The number of sulfonamides is 1. The molecule has 14 heteroatoms. The van der Waals surface area contributed by atoms with E-state index in [1.165, 1.54) is 16.4 Å². The SMILES string of the molecule is CCCS(=O)(=O)N1CCN(C2(CCC(=O)c3c(Cl)cccc3OC(F)(F)F)CCC(F)(F)CC2)CC1.Cl. The van der Waals surface area contributed by atoms with Crippen molar-refractivity contribution >= 4 is 39.8 Å². The Morgan fingerprint density at radius 3 is 2.22 bits per heavy atom. The molecule has 0 radical (unpaired) electrons. The molecule has 1 aliphatic heterocycles. The van der Waals surface area contributed by atoms with Crippen LogP contribution in [0.15, 0.2) is 18.2 Å². The molecule has 3 rings (SSSR count). The zero-order valence-corrected chi connectivity index (χ0v) is 22.7. The first kappa shape index (κ1) is 32.0. The third-order valence-corrected chi connectivity index (χ3v) is 9.37. The van der Waals surface area contributed by atoms with Crippen LogP contribution in [0, 0.1) is 0 Å². The van der Waals surface area contributed by atoms with E-state index in [-0.39, 0.29) is 74.8 Å². The fraction of sp³-hybridized carbons (Fsp3) is 0.696. The molecule has 6 nitrogen and oxygen atoms in total. The fourth-order valence-corrected chi connectivity index (χ4v) is 6.85. The molecule has 1 saturated carbocycles. The van der Waals surface area contributed by atoms with E-state index in [0.29, 0.717) is 19.5 Å². The molecule has 0 unspecified atom stereocenters. The molecule has 0 atom stereocenters. The summed E-state index contributed by atoms with van der Waals surface area (Å²) in [5, 5.41) is -0.194. The van der Waals surface area contributed by atoms with Crippen molar-refractivity contribution in [1.29, 1.82) is 0 Å². The first-order chi connectivity index (χ1) is 16.7. The van der Waals surface area contributed by atoms with Gasteiger partial charge >= 0.3 is 6.36 Å². The number of halogens is 7. The fourth-order valence-electron chi connectivity index (χ4n) is 5.09. The number of carbonyl (C=O) groups is 1. The zero-order chi connectivity index (χ0) is 26.8. The van der Waals surface area contributed by atoms with Gasteiger partial charge in [-0.25, -0.2) is 17.2 Å². The van der Waals surface area contributed by atoms with Crippen LogP contribution < -0.4 is 4.74 Å². The maximum absolute atomic E-state index is 14.0. The molecule has 0 spiro atoms. The summed E-state index contributed by atoms with van der Waals surface area (Å²) >= 11 is 6.04. The predicted molar refractivity (Wildman–Crippen MR) is 132 cm³/mol. The van der Waals surface area contributed by atoms with Crippen LogP contribution in [0.1, 0.15) is 62.2 Å². The van der Waals surface area contributed by atoms with Crippen molar-refractivity contribution in [2.45, 2.75) is 69.7 Å². The Hall–Kier alpha value is -1.21. The molecule has 1 heterocycles. The number of carbonyl (C=O) groups excluding carboxylic acids is 1. The topological polar surface area (TPSA) is 66.9 Å². The number of rotatable bonds is 9. The molecular formula is C23H31Cl2F5N2O4S. The third-order valence-electron chi connectivity index (χ3n) is 6.97. The highest BCUT2D eigenvalue weighted by molar-refractivity contribution is 7.89. The van der Waals surface area contributed by atoms with Gasteiger partial charge in [-0.1, -0.05) is 24.6 Å². The number of hydrogen-bond acceptors (Lipinski definition) is 5. The van der Waals surface area contributed by atoms with Gasteiger partial charge in [-0.3, -0.25) is 9.69 Å². The lowest BCUT2D eigenvalue weighted by molar-refractivity contribution is -0.274. The minimum absolute atomic E-state index is 0. The normalized spacial score (nSPS) is 20.7. The molecule has 1 saturated heterocycles. The lowest BCUT2D eigenvalue weighted by Gasteiger charge is -2.51. The van der Waals surface area contributed by atoms with Crippen molar-refractivity contribution in [3.8, 4) is 5.75 Å². The number of hydrogen-bond donors (Lipinski definition) is 0. The quantitative estimate of drug-likeness (QED) is 0.261. The summed E-state index contributed by atoms with van der Waals surface area (Å²) in [6, 6.07) is 3.52. The summed E-state index contributed by atoms with van der Waals surface area (Å²) in [4.78, 5) is 15.0. The van der Waals surface area contributed by atoms with Crippen LogP contribution in [-0.2, 0) is 10.0 Å². The van der Waals surface area contributed by atoms with Gasteiger partial charge in [0, 0.05) is 51.0 Å². The van der Waals surface area contributed by atoms with Crippen molar-refractivity contribution in [1.82, 2.24) is 9.21 Å². The van der Waals surface area contributed by atoms with E-state index in [2.05, 4.69) is 4.74 Å². The maximum atomic E-state index is 14.0. The van der Waals surface area contributed by atoms with Gasteiger partial charge < -0.3 is 4.74 Å². The molecule has 37 heavy (non-hydrogen) atoms. The summed E-state index contributed by atoms with van der Waals surface area (Å²) in [6.07, 6.45) is -5.24. The van der Waals surface area contributed by atoms with Crippen molar-refractivity contribution < 1.29 is 39.9 Å². The first-order valence-corrected chi connectivity index (χ1v) is 13.8. The average molecular weight is 597 g/mol. The lowest BCUT2D eigenvalue weighted by Crippen LogP contribution is -2.60. The van der Waals surface area contributed by atoms with Crippen LogP contribution in [0.4, 0.5) is 22.0 Å². The van der Waals surface area contributed by atoms with Crippen molar-refractivity contribution in [3.63, 3.8) is 0 Å². The van der Waals surface area contributed by atoms with E-state index in [1.807, 2.05) is 4.90 Å². The van der Waals surface area contributed by atoms with Gasteiger partial charge in [0.2, 0.25) is 15.9 Å². The Labute approximate surface area is 224 Å². The van der Waals surface area contributed by atoms with Gasteiger partial charge in [0.1, 0.15) is 5.75 Å². The number of piperazine rings is 1. The second-order valence-electron chi connectivity index (χ2n) is 9.37. The number of Topliss-reactive ketones (excluding diaryl/α,β-unsaturated/α-hetero) is 1. The van der Waals surface area contributed by atoms with E-state index < -0.39 is 44.9 Å². The van der Waals surface area contributed by atoms with Gasteiger partial charge in [-0.15, -0.1) is 25.6 Å². The average Bonchev–Trinajstić information content (AvgIpc) is 2.78. The van der Waals surface area contributed by atoms with Gasteiger partial charge in [0.05, 0.1) is 16.3 Å². The van der Waals surface area contributed by atoms with Crippen molar-refractivity contribution in [2.75, 3.05) is 31.9 Å². The Balaban J connectivity index is 0.00000481. The van der Waals surface area contributed by atoms with E-state index in [9.17, 15) is 35.2 Å². The molecule has 212 valence electrons. The number of alkyl halides is 5. The molecule has 0 amide bonds. The van der Waals surface area contributed by atoms with Crippen LogP contribution >= 0.6 is 24.0 Å². The number of benzene rings is 1. The molecule has 1 aliphatic carbocycles. The van der Waals surface area contributed by atoms with Crippen LogP contribution in [0.3, 0.4) is 0 Å². The van der Waals surface area contributed by atoms with E-state index >= 15 is 0 Å². The van der Waals surface area contributed by atoms with E-state index in [0.717, 1.165) is 6.07 Å². The Morgan fingerprint density at radius 1 is 1.08 bits per heavy atom. The summed E-state index contributed by atoms with van der Waals surface area (Å²) in [5.74, 6) is -4.20. The highest BCUT2D eigenvalue weighted by Gasteiger charge is 2.47. The molecule has 0 bridgehead atoms. The molecule has 2 fully saturated rings. The van der Waals surface area contributed by atoms with Crippen LogP contribution in [0.25, 0.3) is 0 Å². The Morgan fingerprint density at radius 2 is 1.68 bits per heavy atom. The minimum atomic E-state index is -5.02. The predicted octanol–water partition coefficient (Wildman–Crippen LogP) is 5.93. The van der Waals surface area contributed by atoms with E-state index in [4.69, 9.17) is 11.6 Å². The molecule has 0 aromatic heterocycles. The number of ether oxygens (including phenoxy) is 1. The molecule has 1 aromatic carbocycles. The summed E-state index contributed by atoms with van der Waals surface area (Å²) < 4.78 is 96.8. The smallest absolute Gasteiger partial charge is 0.405 e. The van der Waals surface area contributed by atoms with Gasteiger partial charge in [0.25, 0.3) is 0 Å². The minimum Gasteiger partial charge on any atom is -0.405 e. The first-order valence-electron chi connectivity index (χ1n) is 11.9. The molecule has 0 N–H and O–H groups in total. The molecular weight excluding hydrogens is 566 g/mol. The number of ketones is 1. The Bertz CT molecular complexity index is 1040. The highest BCUT2D eigenvalue weighted by atomic mass is 35.5. The van der Waals surface area contributed by atoms with Crippen LogP contribution in [0.2, 0.25) is 5.02 Å².